The number of aromatic nitrogens is 2. The topological polar surface area (TPSA) is 51.4 Å². The third kappa shape index (κ3) is 2.54. The van der Waals surface area contributed by atoms with Crippen LogP contribution in [0.15, 0.2) is 4.52 Å². The molecule has 1 atom stereocenters. The van der Waals surface area contributed by atoms with Gasteiger partial charge in [-0.2, -0.15) is 4.98 Å². The van der Waals surface area contributed by atoms with E-state index < -0.39 is 0 Å². The average Bonchev–Trinajstić information content (AvgIpc) is 2.67. The molecule has 0 aromatic carbocycles. The Morgan fingerprint density at radius 2 is 2.47 bits per heavy atom. The fourth-order valence-corrected chi connectivity index (χ4v) is 1.99. The van der Waals surface area contributed by atoms with Crippen molar-refractivity contribution in [2.24, 2.45) is 0 Å². The number of rotatable bonds is 3. The Morgan fingerprint density at radius 3 is 3.20 bits per heavy atom. The SMILES string of the molecule is COCc1nc(C2CCCN(C)C2)no1. The van der Waals surface area contributed by atoms with Gasteiger partial charge < -0.3 is 14.2 Å². The molecule has 0 saturated carbocycles. The van der Waals surface area contributed by atoms with E-state index in [2.05, 4.69) is 22.1 Å². The summed E-state index contributed by atoms with van der Waals surface area (Å²) in [5.41, 5.74) is 0. The van der Waals surface area contributed by atoms with E-state index in [1.54, 1.807) is 7.11 Å². The molecular weight excluding hydrogens is 194 g/mol. The fraction of sp³-hybridized carbons (Fsp3) is 0.800. The van der Waals surface area contributed by atoms with Crippen molar-refractivity contribution >= 4 is 0 Å². The standard InChI is InChI=1S/C10H17N3O2/c1-13-5-3-4-8(6-13)10-11-9(7-14-2)15-12-10/h8H,3-7H2,1-2H3. The molecule has 1 unspecified atom stereocenters. The molecule has 84 valence electrons. The molecule has 5 nitrogen and oxygen atoms in total. The van der Waals surface area contributed by atoms with Crippen LogP contribution in [0.4, 0.5) is 0 Å². The third-order valence-electron chi connectivity index (χ3n) is 2.74. The first kappa shape index (κ1) is 10.6. The van der Waals surface area contributed by atoms with Crippen molar-refractivity contribution in [3.63, 3.8) is 0 Å². The van der Waals surface area contributed by atoms with Crippen molar-refractivity contribution < 1.29 is 9.26 Å². The molecule has 1 aromatic rings. The van der Waals surface area contributed by atoms with Crippen LogP contribution in [0.2, 0.25) is 0 Å². The van der Waals surface area contributed by atoms with E-state index in [0.717, 1.165) is 18.8 Å². The summed E-state index contributed by atoms with van der Waals surface area (Å²) in [6.45, 7) is 2.58. The van der Waals surface area contributed by atoms with Gasteiger partial charge in [0.25, 0.3) is 5.89 Å². The van der Waals surface area contributed by atoms with Gasteiger partial charge in [-0.3, -0.25) is 0 Å². The summed E-state index contributed by atoms with van der Waals surface area (Å²) >= 11 is 0. The van der Waals surface area contributed by atoms with Gasteiger partial charge in [0.15, 0.2) is 5.82 Å². The minimum atomic E-state index is 0.398. The summed E-state index contributed by atoms with van der Waals surface area (Å²) < 4.78 is 10.0. The summed E-state index contributed by atoms with van der Waals surface area (Å²) in [4.78, 5) is 6.63. The van der Waals surface area contributed by atoms with Crippen LogP contribution in [0.5, 0.6) is 0 Å². The van der Waals surface area contributed by atoms with Crippen LogP contribution in [0, 0.1) is 0 Å². The Hall–Kier alpha value is -0.940. The lowest BCUT2D eigenvalue weighted by Crippen LogP contribution is -2.31. The van der Waals surface area contributed by atoms with Crippen molar-refractivity contribution in [3.05, 3.63) is 11.7 Å². The molecule has 2 heterocycles. The molecule has 0 radical (unpaired) electrons. The molecule has 1 aromatic heterocycles. The van der Waals surface area contributed by atoms with E-state index in [0.29, 0.717) is 18.4 Å². The molecule has 1 fully saturated rings. The molecule has 15 heavy (non-hydrogen) atoms. The highest BCUT2D eigenvalue weighted by Crippen LogP contribution is 2.23. The Kier molecular flexibility index (Phi) is 3.33. The fourth-order valence-electron chi connectivity index (χ4n) is 1.99. The highest BCUT2D eigenvalue weighted by molar-refractivity contribution is 4.98. The molecule has 0 spiro atoms. The number of ether oxygens (including phenoxy) is 1. The Balaban J connectivity index is 2.01. The second kappa shape index (κ2) is 4.72. The zero-order valence-electron chi connectivity index (χ0n) is 9.27. The van der Waals surface area contributed by atoms with Gasteiger partial charge in [-0.1, -0.05) is 5.16 Å². The van der Waals surface area contributed by atoms with Crippen LogP contribution in [0.1, 0.15) is 30.5 Å². The summed E-state index contributed by atoms with van der Waals surface area (Å²) in [7, 11) is 3.75. The van der Waals surface area contributed by atoms with E-state index in [-0.39, 0.29) is 0 Å². The first-order valence-corrected chi connectivity index (χ1v) is 5.29. The molecule has 1 saturated heterocycles. The maximum atomic E-state index is 5.09. The minimum Gasteiger partial charge on any atom is -0.375 e. The number of likely N-dealkylation sites (tertiary alicyclic amines) is 1. The first-order valence-electron chi connectivity index (χ1n) is 5.29. The number of hydrogen-bond donors (Lipinski definition) is 0. The summed E-state index contributed by atoms with van der Waals surface area (Å²) in [6, 6.07) is 0. The Bertz CT molecular complexity index is 313. The van der Waals surface area contributed by atoms with Crippen LogP contribution in [0.25, 0.3) is 0 Å². The molecule has 1 aliphatic heterocycles. The lowest BCUT2D eigenvalue weighted by molar-refractivity contribution is 0.151. The van der Waals surface area contributed by atoms with Gasteiger partial charge >= 0.3 is 0 Å². The number of likely N-dealkylation sites (N-methyl/N-ethyl adjacent to an activating group) is 1. The Labute approximate surface area is 89.4 Å². The maximum absolute atomic E-state index is 5.09. The van der Waals surface area contributed by atoms with Gasteiger partial charge in [-0.05, 0) is 26.4 Å². The zero-order valence-corrected chi connectivity index (χ0v) is 9.27. The average molecular weight is 211 g/mol. The number of methoxy groups -OCH3 is 1. The highest BCUT2D eigenvalue weighted by Gasteiger charge is 2.23. The highest BCUT2D eigenvalue weighted by atomic mass is 16.5. The predicted molar refractivity (Wildman–Crippen MR) is 54.5 cm³/mol. The van der Waals surface area contributed by atoms with Crippen molar-refractivity contribution in [3.8, 4) is 0 Å². The molecule has 1 aliphatic rings. The largest absolute Gasteiger partial charge is 0.375 e. The van der Waals surface area contributed by atoms with Crippen molar-refractivity contribution in [2.45, 2.75) is 25.4 Å². The summed E-state index contributed by atoms with van der Waals surface area (Å²) in [5.74, 6) is 1.81. The van der Waals surface area contributed by atoms with E-state index in [9.17, 15) is 0 Å². The minimum absolute atomic E-state index is 0.398. The van der Waals surface area contributed by atoms with Gasteiger partial charge in [-0.15, -0.1) is 0 Å². The van der Waals surface area contributed by atoms with Gasteiger partial charge in [0.05, 0.1) is 0 Å². The second-order valence-corrected chi connectivity index (χ2v) is 4.08. The smallest absolute Gasteiger partial charge is 0.252 e. The number of piperidine rings is 1. The monoisotopic (exact) mass is 211 g/mol. The van der Waals surface area contributed by atoms with Crippen LogP contribution >= 0.6 is 0 Å². The molecule has 0 bridgehead atoms. The van der Waals surface area contributed by atoms with E-state index in [1.807, 2.05) is 0 Å². The molecule has 0 N–H and O–H groups in total. The van der Waals surface area contributed by atoms with Crippen LogP contribution in [-0.2, 0) is 11.3 Å². The van der Waals surface area contributed by atoms with E-state index >= 15 is 0 Å². The van der Waals surface area contributed by atoms with Gasteiger partial charge in [0, 0.05) is 19.6 Å². The van der Waals surface area contributed by atoms with Crippen molar-refractivity contribution in [1.82, 2.24) is 15.0 Å². The first-order chi connectivity index (χ1) is 7.29. The maximum Gasteiger partial charge on any atom is 0.252 e. The molecule has 2 rings (SSSR count). The van der Waals surface area contributed by atoms with Crippen molar-refractivity contribution in [1.29, 1.82) is 0 Å². The second-order valence-electron chi connectivity index (χ2n) is 4.08. The predicted octanol–water partition coefficient (Wildman–Crippen LogP) is 1.03. The van der Waals surface area contributed by atoms with Crippen LogP contribution < -0.4 is 0 Å². The summed E-state index contributed by atoms with van der Waals surface area (Å²) in [6.07, 6.45) is 2.35. The summed E-state index contributed by atoms with van der Waals surface area (Å²) in [5, 5.41) is 4.00. The Morgan fingerprint density at radius 1 is 1.60 bits per heavy atom. The van der Waals surface area contributed by atoms with Gasteiger partial charge in [0.2, 0.25) is 0 Å². The van der Waals surface area contributed by atoms with Gasteiger partial charge in [0.1, 0.15) is 6.61 Å². The molecule has 0 aliphatic carbocycles. The lowest BCUT2D eigenvalue weighted by Gasteiger charge is -2.27. The van der Waals surface area contributed by atoms with Crippen LogP contribution in [-0.4, -0.2) is 42.3 Å². The van der Waals surface area contributed by atoms with Gasteiger partial charge in [-0.25, -0.2) is 0 Å². The van der Waals surface area contributed by atoms with E-state index in [4.69, 9.17) is 9.26 Å². The van der Waals surface area contributed by atoms with Crippen molar-refractivity contribution in [2.75, 3.05) is 27.2 Å². The quantitative estimate of drug-likeness (QED) is 0.747. The number of nitrogens with zero attached hydrogens (tertiary/aromatic N) is 3. The molecule has 5 heteroatoms. The normalized spacial score (nSPS) is 23.2. The van der Waals surface area contributed by atoms with Crippen LogP contribution in [0.3, 0.4) is 0 Å². The number of hydrogen-bond acceptors (Lipinski definition) is 5. The lowest BCUT2D eigenvalue weighted by atomic mass is 9.98. The zero-order chi connectivity index (χ0) is 10.7. The molecular formula is C10H17N3O2. The third-order valence-corrected chi connectivity index (χ3v) is 2.74. The van der Waals surface area contributed by atoms with E-state index in [1.165, 1.54) is 13.0 Å². The molecule has 0 amide bonds.